The molecule has 110 valence electrons. The maximum absolute atomic E-state index is 5.45. The molecule has 0 spiro atoms. The van der Waals surface area contributed by atoms with Crippen LogP contribution < -0.4 is 10.1 Å². The van der Waals surface area contributed by atoms with Crippen molar-refractivity contribution in [1.29, 1.82) is 0 Å². The van der Waals surface area contributed by atoms with Crippen LogP contribution in [-0.4, -0.2) is 18.1 Å². The molecule has 0 aliphatic heterocycles. The molecule has 1 aromatic carbocycles. The van der Waals surface area contributed by atoms with Crippen molar-refractivity contribution in [1.82, 2.24) is 10.3 Å². The minimum atomic E-state index is -0.107. The van der Waals surface area contributed by atoms with Gasteiger partial charge in [-0.2, -0.15) is 0 Å². The van der Waals surface area contributed by atoms with Gasteiger partial charge in [-0.15, -0.1) is 11.3 Å². The molecule has 1 fully saturated rings. The number of thiazole rings is 1. The lowest BCUT2D eigenvalue weighted by atomic mass is 9.91. The van der Waals surface area contributed by atoms with Crippen LogP contribution in [0.15, 0.2) is 23.6 Å². The zero-order chi connectivity index (χ0) is 14.4. The molecule has 0 bridgehead atoms. The summed E-state index contributed by atoms with van der Waals surface area (Å²) in [6, 6.07) is 7.13. The molecule has 1 aromatic heterocycles. The van der Waals surface area contributed by atoms with E-state index in [-0.39, 0.29) is 5.54 Å². The van der Waals surface area contributed by atoms with E-state index >= 15 is 0 Å². The Morgan fingerprint density at radius 2 is 2.24 bits per heavy atom. The van der Waals surface area contributed by atoms with Gasteiger partial charge in [0.05, 0.1) is 12.6 Å². The summed E-state index contributed by atoms with van der Waals surface area (Å²) in [4.78, 5) is 4.82. The molecule has 1 atom stereocenters. The number of fused-ring (bicyclic) bond motifs is 1. The number of hydrogen-bond donors (Lipinski definition) is 1. The van der Waals surface area contributed by atoms with Crippen LogP contribution in [0.4, 0.5) is 0 Å². The van der Waals surface area contributed by atoms with Gasteiger partial charge in [0, 0.05) is 17.1 Å². The Labute approximate surface area is 129 Å². The highest BCUT2D eigenvalue weighted by Gasteiger charge is 2.45. The van der Waals surface area contributed by atoms with E-state index in [0.717, 1.165) is 24.3 Å². The molecule has 3 nitrogen and oxygen atoms in total. The molecule has 1 heterocycles. The minimum Gasteiger partial charge on any atom is -0.497 e. The van der Waals surface area contributed by atoms with Crippen molar-refractivity contribution in [2.75, 3.05) is 7.11 Å². The monoisotopic (exact) mass is 300 g/mol. The highest BCUT2D eigenvalue weighted by atomic mass is 32.1. The first-order valence-corrected chi connectivity index (χ1v) is 8.47. The number of aryl methyl sites for hydroxylation is 2. The lowest BCUT2D eigenvalue weighted by molar-refractivity contribution is 0.386. The quantitative estimate of drug-likeness (QED) is 0.939. The summed E-state index contributed by atoms with van der Waals surface area (Å²) in [7, 11) is 1.74. The molecule has 1 unspecified atom stereocenters. The Morgan fingerprint density at radius 1 is 1.38 bits per heavy atom. The van der Waals surface area contributed by atoms with Crippen molar-refractivity contribution in [3.8, 4) is 5.75 Å². The van der Waals surface area contributed by atoms with Crippen LogP contribution in [0.2, 0.25) is 0 Å². The standard InChI is InChI=1S/C17H20N2OS/c1-11-10-21-16(18-11)17(19-13-4-5-13)8-7-12-3-6-14(20-2)9-15(12)17/h3,6,9-10,13,19H,4-5,7-8H2,1-2H3. The molecule has 0 saturated heterocycles. The van der Waals surface area contributed by atoms with Gasteiger partial charge in [-0.1, -0.05) is 6.07 Å². The smallest absolute Gasteiger partial charge is 0.119 e. The third-order valence-corrected chi connectivity index (χ3v) is 5.68. The number of aromatic nitrogens is 1. The first-order valence-electron chi connectivity index (χ1n) is 7.59. The van der Waals surface area contributed by atoms with E-state index in [4.69, 9.17) is 9.72 Å². The fraction of sp³-hybridized carbons (Fsp3) is 0.471. The van der Waals surface area contributed by atoms with E-state index in [9.17, 15) is 0 Å². The lowest BCUT2D eigenvalue weighted by Gasteiger charge is -2.30. The first kappa shape index (κ1) is 13.3. The van der Waals surface area contributed by atoms with Crippen LogP contribution in [0.25, 0.3) is 0 Å². The van der Waals surface area contributed by atoms with Gasteiger partial charge in [0.2, 0.25) is 0 Å². The second-order valence-electron chi connectivity index (χ2n) is 6.14. The van der Waals surface area contributed by atoms with Crippen LogP contribution in [0.3, 0.4) is 0 Å². The molecule has 4 heteroatoms. The summed E-state index contributed by atoms with van der Waals surface area (Å²) in [5.41, 5.74) is 3.80. The SMILES string of the molecule is COc1ccc2c(c1)C(NC1CC1)(c1nc(C)cs1)CC2. The molecule has 2 aromatic rings. The van der Waals surface area contributed by atoms with Crippen LogP contribution in [0.5, 0.6) is 5.75 Å². The minimum absolute atomic E-state index is 0.107. The van der Waals surface area contributed by atoms with Crippen LogP contribution in [0, 0.1) is 6.92 Å². The average molecular weight is 300 g/mol. The number of hydrogen-bond acceptors (Lipinski definition) is 4. The largest absolute Gasteiger partial charge is 0.497 e. The van der Waals surface area contributed by atoms with Gasteiger partial charge >= 0.3 is 0 Å². The van der Waals surface area contributed by atoms with Crippen molar-refractivity contribution >= 4 is 11.3 Å². The van der Waals surface area contributed by atoms with Gasteiger partial charge in [-0.05, 0) is 55.9 Å². The van der Waals surface area contributed by atoms with E-state index in [1.54, 1.807) is 18.4 Å². The zero-order valence-electron chi connectivity index (χ0n) is 12.5. The van der Waals surface area contributed by atoms with Crippen LogP contribution >= 0.6 is 11.3 Å². The normalized spacial score (nSPS) is 24.1. The molecule has 1 saturated carbocycles. The molecular weight excluding hydrogens is 280 g/mol. The number of rotatable bonds is 4. The van der Waals surface area contributed by atoms with Crippen molar-refractivity contribution in [2.45, 2.75) is 44.2 Å². The van der Waals surface area contributed by atoms with Gasteiger partial charge in [-0.25, -0.2) is 4.98 Å². The van der Waals surface area contributed by atoms with Crippen molar-refractivity contribution in [3.05, 3.63) is 45.4 Å². The van der Waals surface area contributed by atoms with E-state index in [2.05, 4.69) is 35.8 Å². The van der Waals surface area contributed by atoms with Gasteiger partial charge in [-0.3, -0.25) is 5.32 Å². The summed E-state index contributed by atoms with van der Waals surface area (Å²) < 4.78 is 5.45. The Morgan fingerprint density at radius 3 is 2.90 bits per heavy atom. The Balaban J connectivity index is 1.85. The van der Waals surface area contributed by atoms with Crippen molar-refractivity contribution in [2.24, 2.45) is 0 Å². The van der Waals surface area contributed by atoms with E-state index < -0.39 is 0 Å². The van der Waals surface area contributed by atoms with Gasteiger partial charge in [0.1, 0.15) is 10.8 Å². The number of methoxy groups -OCH3 is 1. The summed E-state index contributed by atoms with van der Waals surface area (Å²) in [5, 5.41) is 7.26. The molecule has 2 aliphatic rings. The van der Waals surface area contributed by atoms with Gasteiger partial charge < -0.3 is 4.74 Å². The zero-order valence-corrected chi connectivity index (χ0v) is 13.3. The molecule has 2 aliphatic carbocycles. The van der Waals surface area contributed by atoms with Gasteiger partial charge in [0.25, 0.3) is 0 Å². The molecule has 0 amide bonds. The Kier molecular flexibility index (Phi) is 3.05. The predicted octanol–water partition coefficient (Wildman–Crippen LogP) is 3.40. The third kappa shape index (κ3) is 2.17. The molecular formula is C17H20N2OS. The highest BCUT2D eigenvalue weighted by molar-refractivity contribution is 7.09. The second kappa shape index (κ2) is 4.82. The molecule has 4 rings (SSSR count). The molecule has 21 heavy (non-hydrogen) atoms. The fourth-order valence-corrected chi connectivity index (χ4v) is 4.32. The highest BCUT2D eigenvalue weighted by Crippen LogP contribution is 2.46. The van der Waals surface area contributed by atoms with Crippen LogP contribution in [-0.2, 0) is 12.0 Å². The maximum atomic E-state index is 5.45. The Bertz CT molecular complexity index is 677. The van der Waals surface area contributed by atoms with E-state index in [0.29, 0.717) is 6.04 Å². The molecule has 1 N–H and O–H groups in total. The third-order valence-electron chi connectivity index (χ3n) is 4.56. The summed E-state index contributed by atoms with van der Waals surface area (Å²) in [6.45, 7) is 2.08. The second-order valence-corrected chi connectivity index (χ2v) is 7.00. The Hall–Kier alpha value is -1.39. The summed E-state index contributed by atoms with van der Waals surface area (Å²) in [5.74, 6) is 0.936. The number of benzene rings is 1. The number of nitrogens with one attached hydrogen (secondary N) is 1. The topological polar surface area (TPSA) is 34.1 Å². The lowest BCUT2D eigenvalue weighted by Crippen LogP contribution is -2.43. The van der Waals surface area contributed by atoms with Crippen molar-refractivity contribution < 1.29 is 4.74 Å². The predicted molar refractivity (Wildman–Crippen MR) is 85.1 cm³/mol. The summed E-state index contributed by atoms with van der Waals surface area (Å²) >= 11 is 1.78. The summed E-state index contributed by atoms with van der Waals surface area (Å²) in [6.07, 6.45) is 4.77. The number of ether oxygens (including phenoxy) is 1. The fourth-order valence-electron chi connectivity index (χ4n) is 3.31. The maximum Gasteiger partial charge on any atom is 0.119 e. The van der Waals surface area contributed by atoms with Gasteiger partial charge in [0.15, 0.2) is 0 Å². The average Bonchev–Trinajstić information content (AvgIpc) is 3.08. The van der Waals surface area contributed by atoms with E-state index in [1.165, 1.54) is 29.0 Å². The molecule has 0 radical (unpaired) electrons. The number of nitrogens with zero attached hydrogens (tertiary/aromatic N) is 1. The first-order chi connectivity index (χ1) is 10.2. The van der Waals surface area contributed by atoms with Crippen LogP contribution in [0.1, 0.15) is 41.1 Å². The van der Waals surface area contributed by atoms with Crippen molar-refractivity contribution in [3.63, 3.8) is 0 Å². The van der Waals surface area contributed by atoms with E-state index in [1.807, 2.05) is 0 Å².